The summed E-state index contributed by atoms with van der Waals surface area (Å²) in [6, 6.07) is 2.12. The van der Waals surface area contributed by atoms with Gasteiger partial charge in [-0.3, -0.25) is 0 Å². The fourth-order valence-electron chi connectivity index (χ4n) is 1.13. The Morgan fingerprint density at radius 1 is 1.13 bits per heavy atom. The van der Waals surface area contributed by atoms with Gasteiger partial charge in [-0.2, -0.15) is 13.2 Å². The molecule has 0 unspecified atom stereocenters. The third-order valence-corrected chi connectivity index (χ3v) is 2.15. The van der Waals surface area contributed by atoms with Crippen LogP contribution in [0.15, 0.2) is 12.1 Å². The van der Waals surface area contributed by atoms with Crippen molar-refractivity contribution in [3.05, 3.63) is 28.5 Å². The lowest BCUT2D eigenvalue weighted by atomic mass is 9.91. The molecular weight excluding hydrogens is 227 g/mol. The Morgan fingerprint density at radius 2 is 1.67 bits per heavy atom. The van der Waals surface area contributed by atoms with Crippen molar-refractivity contribution in [2.45, 2.75) is 32.4 Å². The first-order valence-electron chi connectivity index (χ1n) is 4.36. The van der Waals surface area contributed by atoms with E-state index in [-0.39, 0.29) is 10.7 Å². The Hall–Kier alpha value is -0.770. The van der Waals surface area contributed by atoms with Crippen molar-refractivity contribution in [1.82, 2.24) is 4.98 Å². The number of alkyl halides is 3. The van der Waals surface area contributed by atoms with Gasteiger partial charge in [0.2, 0.25) is 0 Å². The fourth-order valence-corrected chi connectivity index (χ4v) is 1.51. The number of hydrogen-bond acceptors (Lipinski definition) is 1. The molecule has 0 aliphatic rings. The van der Waals surface area contributed by atoms with Crippen molar-refractivity contribution in [3.63, 3.8) is 0 Å². The first kappa shape index (κ1) is 12.3. The highest BCUT2D eigenvalue weighted by molar-refractivity contribution is 6.31. The van der Waals surface area contributed by atoms with Gasteiger partial charge in [0.15, 0.2) is 0 Å². The molecule has 0 aromatic carbocycles. The molecule has 1 nitrogen and oxygen atoms in total. The second kappa shape index (κ2) is 3.67. The van der Waals surface area contributed by atoms with Crippen LogP contribution in [-0.4, -0.2) is 4.98 Å². The number of hydrogen-bond donors (Lipinski definition) is 0. The molecule has 0 aliphatic carbocycles. The highest BCUT2D eigenvalue weighted by Gasteiger charge is 2.34. The minimum absolute atomic E-state index is 0.260. The van der Waals surface area contributed by atoms with Crippen LogP contribution in [0.25, 0.3) is 0 Å². The number of halogens is 4. The summed E-state index contributed by atoms with van der Waals surface area (Å²) in [4.78, 5) is 3.56. The maximum absolute atomic E-state index is 12.4. The highest BCUT2D eigenvalue weighted by Crippen LogP contribution is 2.33. The molecule has 0 bridgehead atoms. The van der Waals surface area contributed by atoms with Crippen LogP contribution >= 0.6 is 11.6 Å². The van der Waals surface area contributed by atoms with E-state index in [0.29, 0.717) is 0 Å². The normalized spacial score (nSPS) is 13.0. The van der Waals surface area contributed by atoms with Crippen molar-refractivity contribution >= 4 is 11.6 Å². The summed E-state index contributed by atoms with van der Waals surface area (Å²) >= 11 is 5.80. The zero-order chi connectivity index (χ0) is 11.9. The standard InChI is InChI=1S/C10H11ClF3N/c1-9(2,3)8-6(11)4-5-7(15-8)10(12,13)14/h4-5H,1-3H3. The molecule has 0 saturated heterocycles. The van der Waals surface area contributed by atoms with Gasteiger partial charge >= 0.3 is 6.18 Å². The van der Waals surface area contributed by atoms with Gasteiger partial charge < -0.3 is 0 Å². The summed E-state index contributed by atoms with van der Waals surface area (Å²) in [6.45, 7) is 5.30. The second-order valence-corrected chi connectivity index (χ2v) is 4.68. The van der Waals surface area contributed by atoms with Crippen LogP contribution in [0.3, 0.4) is 0 Å². The van der Waals surface area contributed by atoms with Crippen LogP contribution in [0.5, 0.6) is 0 Å². The number of nitrogens with zero attached hydrogens (tertiary/aromatic N) is 1. The summed E-state index contributed by atoms with van der Waals surface area (Å²) in [5.74, 6) is 0. The van der Waals surface area contributed by atoms with Gasteiger partial charge in [-0.05, 0) is 12.1 Å². The number of pyridine rings is 1. The smallest absolute Gasteiger partial charge is 0.246 e. The lowest BCUT2D eigenvalue weighted by Gasteiger charge is -2.20. The molecule has 0 atom stereocenters. The monoisotopic (exact) mass is 237 g/mol. The first-order valence-corrected chi connectivity index (χ1v) is 4.74. The van der Waals surface area contributed by atoms with E-state index in [4.69, 9.17) is 11.6 Å². The van der Waals surface area contributed by atoms with Crippen molar-refractivity contribution in [3.8, 4) is 0 Å². The molecule has 0 fully saturated rings. The minimum atomic E-state index is -4.43. The van der Waals surface area contributed by atoms with Crippen molar-refractivity contribution in [2.24, 2.45) is 0 Å². The maximum Gasteiger partial charge on any atom is 0.433 e. The summed E-state index contributed by atoms with van der Waals surface area (Å²) in [5.41, 5.74) is -1.14. The van der Waals surface area contributed by atoms with Crippen LogP contribution in [0.1, 0.15) is 32.2 Å². The molecule has 0 radical (unpaired) electrons. The van der Waals surface area contributed by atoms with Crippen molar-refractivity contribution < 1.29 is 13.2 Å². The SMILES string of the molecule is CC(C)(C)c1nc(C(F)(F)F)ccc1Cl. The lowest BCUT2D eigenvalue weighted by Crippen LogP contribution is -2.18. The fraction of sp³-hybridized carbons (Fsp3) is 0.500. The van der Waals surface area contributed by atoms with Gasteiger partial charge in [0, 0.05) is 5.41 Å². The average Bonchev–Trinajstić information content (AvgIpc) is 2.00. The van der Waals surface area contributed by atoms with Gasteiger partial charge in [-0.15, -0.1) is 0 Å². The molecule has 0 amide bonds. The Morgan fingerprint density at radius 3 is 2.07 bits per heavy atom. The first-order chi connectivity index (χ1) is 6.62. The Bertz CT molecular complexity index is 366. The summed E-state index contributed by atoms with van der Waals surface area (Å²) < 4.78 is 37.1. The Labute approximate surface area is 91.3 Å². The van der Waals surface area contributed by atoms with E-state index >= 15 is 0 Å². The van der Waals surface area contributed by atoms with Crippen molar-refractivity contribution in [1.29, 1.82) is 0 Å². The third kappa shape index (κ3) is 2.84. The highest BCUT2D eigenvalue weighted by atomic mass is 35.5. The van der Waals surface area contributed by atoms with Gasteiger partial charge in [0.05, 0.1) is 10.7 Å². The number of aromatic nitrogens is 1. The molecule has 15 heavy (non-hydrogen) atoms. The van der Waals surface area contributed by atoms with Crippen LogP contribution in [-0.2, 0) is 11.6 Å². The lowest BCUT2D eigenvalue weighted by molar-refractivity contribution is -0.141. The Balaban J connectivity index is 3.30. The third-order valence-electron chi connectivity index (χ3n) is 1.85. The van der Waals surface area contributed by atoms with Gasteiger partial charge in [0.1, 0.15) is 5.69 Å². The zero-order valence-electron chi connectivity index (χ0n) is 8.61. The topological polar surface area (TPSA) is 12.9 Å². The quantitative estimate of drug-likeness (QED) is 0.663. The predicted molar refractivity (Wildman–Crippen MR) is 52.9 cm³/mol. The van der Waals surface area contributed by atoms with Crippen LogP contribution < -0.4 is 0 Å². The molecule has 0 saturated carbocycles. The molecule has 84 valence electrons. The van der Waals surface area contributed by atoms with Crippen LogP contribution in [0, 0.1) is 0 Å². The second-order valence-electron chi connectivity index (χ2n) is 4.27. The minimum Gasteiger partial charge on any atom is -0.246 e. The van der Waals surface area contributed by atoms with Gasteiger partial charge in [-0.1, -0.05) is 32.4 Å². The van der Waals surface area contributed by atoms with E-state index in [9.17, 15) is 13.2 Å². The van der Waals surface area contributed by atoms with Crippen molar-refractivity contribution in [2.75, 3.05) is 0 Å². The van der Waals surface area contributed by atoms with Crippen LogP contribution in [0.2, 0.25) is 5.02 Å². The van der Waals surface area contributed by atoms with E-state index in [1.54, 1.807) is 20.8 Å². The predicted octanol–water partition coefficient (Wildman–Crippen LogP) is 4.05. The van der Waals surface area contributed by atoms with E-state index in [1.807, 2.05) is 0 Å². The van der Waals surface area contributed by atoms with Gasteiger partial charge in [0.25, 0.3) is 0 Å². The summed E-state index contributed by atoms with van der Waals surface area (Å²) in [6.07, 6.45) is -4.43. The average molecular weight is 238 g/mol. The maximum atomic E-state index is 12.4. The molecular formula is C10H11ClF3N. The molecule has 0 spiro atoms. The molecule has 5 heteroatoms. The Kier molecular flexibility index (Phi) is 3.01. The van der Waals surface area contributed by atoms with E-state index in [1.165, 1.54) is 6.07 Å². The summed E-state index contributed by atoms with van der Waals surface area (Å²) in [5, 5.41) is 0.260. The largest absolute Gasteiger partial charge is 0.433 e. The van der Waals surface area contributed by atoms with Gasteiger partial charge in [-0.25, -0.2) is 4.98 Å². The van der Waals surface area contributed by atoms with E-state index in [2.05, 4.69) is 4.98 Å². The number of rotatable bonds is 0. The summed E-state index contributed by atoms with van der Waals surface area (Å²) in [7, 11) is 0. The molecule has 1 rings (SSSR count). The van der Waals surface area contributed by atoms with E-state index < -0.39 is 17.3 Å². The van der Waals surface area contributed by atoms with E-state index in [0.717, 1.165) is 6.07 Å². The molecule has 1 heterocycles. The molecule has 0 N–H and O–H groups in total. The van der Waals surface area contributed by atoms with Crippen LogP contribution in [0.4, 0.5) is 13.2 Å². The molecule has 0 aliphatic heterocycles. The molecule has 1 aromatic heterocycles. The molecule has 1 aromatic rings. The zero-order valence-corrected chi connectivity index (χ0v) is 9.37.